The second-order valence-corrected chi connectivity index (χ2v) is 11.6. The third-order valence-corrected chi connectivity index (χ3v) is 7.72. The van der Waals surface area contributed by atoms with Crippen molar-refractivity contribution in [1.82, 2.24) is 0 Å². The SMILES string of the molecule is C[Si](C)(OC1(C(F)(F)F)C=C1CCCCOC(=O)c1ccccc1)c1ccccc1. The van der Waals surface area contributed by atoms with Crippen molar-refractivity contribution < 1.29 is 27.1 Å². The monoisotopic (exact) mass is 434 g/mol. The highest BCUT2D eigenvalue weighted by molar-refractivity contribution is 6.84. The van der Waals surface area contributed by atoms with E-state index in [-0.39, 0.29) is 18.6 Å². The van der Waals surface area contributed by atoms with Crippen molar-refractivity contribution in [3.8, 4) is 0 Å². The fourth-order valence-corrected chi connectivity index (χ4v) is 5.65. The summed E-state index contributed by atoms with van der Waals surface area (Å²) in [6, 6.07) is 17.7. The predicted molar refractivity (Wildman–Crippen MR) is 112 cm³/mol. The minimum Gasteiger partial charge on any atom is -0.462 e. The van der Waals surface area contributed by atoms with Gasteiger partial charge in [0.1, 0.15) is 0 Å². The first kappa shape index (κ1) is 22.3. The van der Waals surface area contributed by atoms with Gasteiger partial charge in [0.05, 0.1) is 12.2 Å². The molecule has 7 heteroatoms. The number of unbranched alkanes of at least 4 members (excludes halogenated alkanes) is 1. The fourth-order valence-electron chi connectivity index (χ4n) is 3.42. The Labute approximate surface area is 175 Å². The molecule has 0 bridgehead atoms. The summed E-state index contributed by atoms with van der Waals surface area (Å²) in [7, 11) is -2.75. The first-order valence-corrected chi connectivity index (χ1v) is 12.8. The van der Waals surface area contributed by atoms with Crippen LogP contribution in [0.3, 0.4) is 0 Å². The third-order valence-electron chi connectivity index (χ3n) is 5.16. The molecule has 0 N–H and O–H groups in total. The molecule has 0 heterocycles. The number of hydrogen-bond donors (Lipinski definition) is 0. The van der Waals surface area contributed by atoms with Crippen LogP contribution < -0.4 is 5.19 Å². The minimum absolute atomic E-state index is 0.172. The summed E-state index contributed by atoms with van der Waals surface area (Å²) in [6.45, 7) is 3.73. The molecule has 0 spiro atoms. The molecule has 1 unspecified atom stereocenters. The van der Waals surface area contributed by atoms with E-state index in [1.807, 2.05) is 30.3 Å². The lowest BCUT2D eigenvalue weighted by Gasteiger charge is -2.33. The highest BCUT2D eigenvalue weighted by Gasteiger charge is 2.66. The van der Waals surface area contributed by atoms with E-state index in [1.165, 1.54) is 6.08 Å². The molecule has 1 aliphatic rings. The van der Waals surface area contributed by atoms with Gasteiger partial charge in [-0.1, -0.05) is 48.5 Å². The third kappa shape index (κ3) is 5.02. The largest absolute Gasteiger partial charge is 0.462 e. The molecular weight excluding hydrogens is 409 g/mol. The first-order valence-electron chi connectivity index (χ1n) is 9.92. The average Bonchev–Trinajstić information content (AvgIpc) is 3.42. The zero-order valence-electron chi connectivity index (χ0n) is 17.0. The van der Waals surface area contributed by atoms with E-state index in [0.717, 1.165) is 5.19 Å². The lowest BCUT2D eigenvalue weighted by Crippen LogP contribution is -2.53. The molecule has 30 heavy (non-hydrogen) atoms. The number of carbonyl (C=O) groups excluding carboxylic acids is 1. The summed E-state index contributed by atoms with van der Waals surface area (Å²) in [5.74, 6) is -0.426. The van der Waals surface area contributed by atoms with Crippen molar-refractivity contribution >= 4 is 19.5 Å². The van der Waals surface area contributed by atoms with Crippen molar-refractivity contribution in [2.45, 2.75) is 44.1 Å². The Hall–Kier alpha value is -2.38. The van der Waals surface area contributed by atoms with Crippen LogP contribution in [0.5, 0.6) is 0 Å². The van der Waals surface area contributed by atoms with Crippen molar-refractivity contribution in [1.29, 1.82) is 0 Å². The molecule has 0 saturated carbocycles. The summed E-state index contributed by atoms with van der Waals surface area (Å²) in [4.78, 5) is 11.9. The predicted octanol–water partition coefficient (Wildman–Crippen LogP) is 5.38. The van der Waals surface area contributed by atoms with Crippen LogP contribution in [0.4, 0.5) is 13.2 Å². The van der Waals surface area contributed by atoms with Crippen LogP contribution in [0.1, 0.15) is 29.6 Å². The van der Waals surface area contributed by atoms with Gasteiger partial charge in [-0.3, -0.25) is 0 Å². The zero-order valence-corrected chi connectivity index (χ0v) is 18.0. The molecule has 0 radical (unpaired) electrons. The van der Waals surface area contributed by atoms with E-state index >= 15 is 0 Å². The van der Waals surface area contributed by atoms with Gasteiger partial charge in [-0.05, 0) is 61.3 Å². The smallest absolute Gasteiger partial charge is 0.424 e. The Morgan fingerprint density at radius 2 is 1.57 bits per heavy atom. The number of halogens is 3. The second kappa shape index (κ2) is 8.77. The van der Waals surface area contributed by atoms with Crippen LogP contribution in [0.25, 0.3) is 0 Å². The highest BCUT2D eigenvalue weighted by Crippen LogP contribution is 2.54. The maximum absolute atomic E-state index is 13.8. The van der Waals surface area contributed by atoms with Gasteiger partial charge in [0.25, 0.3) is 0 Å². The Morgan fingerprint density at radius 1 is 0.967 bits per heavy atom. The maximum Gasteiger partial charge on any atom is 0.424 e. The second-order valence-electron chi connectivity index (χ2n) is 7.84. The van der Waals surface area contributed by atoms with Gasteiger partial charge in [-0.25, -0.2) is 4.79 Å². The van der Waals surface area contributed by atoms with Gasteiger partial charge in [0.15, 0.2) is 5.60 Å². The molecule has 0 aromatic heterocycles. The van der Waals surface area contributed by atoms with E-state index < -0.39 is 26.1 Å². The number of alkyl halides is 3. The molecule has 2 aromatic carbocycles. The number of benzene rings is 2. The minimum atomic E-state index is -4.48. The zero-order chi connectivity index (χ0) is 21.8. The van der Waals surface area contributed by atoms with Crippen molar-refractivity contribution in [3.63, 3.8) is 0 Å². The summed E-state index contributed by atoms with van der Waals surface area (Å²) in [5.41, 5.74) is -1.53. The summed E-state index contributed by atoms with van der Waals surface area (Å²) >= 11 is 0. The van der Waals surface area contributed by atoms with Gasteiger partial charge in [-0.15, -0.1) is 0 Å². The number of carbonyl (C=O) groups is 1. The van der Waals surface area contributed by atoms with Crippen molar-refractivity contribution in [3.05, 3.63) is 77.9 Å². The lowest BCUT2D eigenvalue weighted by molar-refractivity contribution is -0.203. The van der Waals surface area contributed by atoms with Crippen LogP contribution in [-0.2, 0) is 9.16 Å². The molecule has 0 aliphatic heterocycles. The number of rotatable bonds is 9. The van der Waals surface area contributed by atoms with E-state index in [1.54, 1.807) is 43.4 Å². The van der Waals surface area contributed by atoms with E-state index in [9.17, 15) is 18.0 Å². The average molecular weight is 435 g/mol. The van der Waals surface area contributed by atoms with Crippen molar-refractivity contribution in [2.24, 2.45) is 0 Å². The molecule has 3 rings (SSSR count). The van der Waals surface area contributed by atoms with Crippen LogP contribution in [-0.4, -0.2) is 32.7 Å². The van der Waals surface area contributed by atoms with Gasteiger partial charge in [-0.2, -0.15) is 13.2 Å². The summed E-state index contributed by atoms with van der Waals surface area (Å²) in [6.07, 6.45) is -2.05. The normalized spacial score (nSPS) is 18.6. The standard InChI is InChI=1S/C23H25F3O3Si/c1-30(2,20-14-7-4-8-15-20)29-22(23(24,25)26)17-19(22)13-9-10-16-28-21(27)18-11-5-3-6-12-18/h3-8,11-12,14-15,17H,9-10,13,16H2,1-2H3. The highest BCUT2D eigenvalue weighted by atomic mass is 28.4. The Morgan fingerprint density at radius 3 is 2.17 bits per heavy atom. The Bertz CT molecular complexity index is 895. The van der Waals surface area contributed by atoms with Crippen LogP contribution in [0.15, 0.2) is 72.3 Å². The molecule has 1 atom stereocenters. The molecule has 1 aliphatic carbocycles. The number of hydrogen-bond acceptors (Lipinski definition) is 3. The quantitative estimate of drug-likeness (QED) is 0.230. The van der Waals surface area contributed by atoms with E-state index in [0.29, 0.717) is 18.4 Å². The molecule has 160 valence electrons. The van der Waals surface area contributed by atoms with Crippen molar-refractivity contribution in [2.75, 3.05) is 6.61 Å². The molecule has 3 nitrogen and oxygen atoms in total. The van der Waals surface area contributed by atoms with E-state index in [4.69, 9.17) is 9.16 Å². The van der Waals surface area contributed by atoms with Gasteiger partial charge in [0, 0.05) is 0 Å². The number of esters is 1. The van der Waals surface area contributed by atoms with Crippen LogP contribution in [0, 0.1) is 0 Å². The molecule has 2 aromatic rings. The Balaban J connectivity index is 1.50. The molecule has 0 amide bonds. The first-order chi connectivity index (χ1) is 14.2. The molecular formula is C23H25F3O3Si. The van der Waals surface area contributed by atoms with Gasteiger partial charge in [0.2, 0.25) is 8.32 Å². The summed E-state index contributed by atoms with van der Waals surface area (Å²) in [5, 5.41) is 0.820. The van der Waals surface area contributed by atoms with Crippen LogP contribution >= 0.6 is 0 Å². The topological polar surface area (TPSA) is 35.5 Å². The van der Waals surface area contributed by atoms with Gasteiger partial charge < -0.3 is 9.16 Å². The number of ether oxygens (including phenoxy) is 1. The fraction of sp³-hybridized carbons (Fsp3) is 0.348. The maximum atomic E-state index is 13.8. The summed E-state index contributed by atoms with van der Waals surface area (Å²) < 4.78 is 52.5. The van der Waals surface area contributed by atoms with Crippen LogP contribution in [0.2, 0.25) is 13.1 Å². The van der Waals surface area contributed by atoms with E-state index in [2.05, 4.69) is 0 Å². The molecule has 0 fully saturated rings. The molecule has 0 saturated heterocycles. The Kier molecular flexibility index (Phi) is 6.52. The lowest BCUT2D eigenvalue weighted by atomic mass is 10.1. The van der Waals surface area contributed by atoms with Gasteiger partial charge >= 0.3 is 12.1 Å².